The first-order valence-electron chi connectivity index (χ1n) is 10.4. The molecule has 152 valence electrons. The summed E-state index contributed by atoms with van der Waals surface area (Å²) < 4.78 is 4.91. The molecule has 0 aromatic rings. The van der Waals surface area contributed by atoms with Gasteiger partial charge in [-0.1, -0.05) is 25.5 Å². The van der Waals surface area contributed by atoms with Crippen molar-refractivity contribution in [1.82, 2.24) is 0 Å². The fraction of sp³-hybridized carbons (Fsp3) is 0.696. The number of fused-ring (bicyclic) bond motifs is 5. The zero-order valence-electron chi connectivity index (χ0n) is 17.0. The molecule has 3 saturated carbocycles. The van der Waals surface area contributed by atoms with E-state index < -0.39 is 17.0 Å². The summed E-state index contributed by atoms with van der Waals surface area (Å²) in [5.41, 5.74) is -0.769. The Labute approximate surface area is 166 Å². The van der Waals surface area contributed by atoms with Crippen LogP contribution in [0, 0.1) is 28.6 Å². The number of carbonyl (C=O) groups is 3. The van der Waals surface area contributed by atoms with Gasteiger partial charge >= 0.3 is 5.97 Å². The molecule has 0 heterocycles. The van der Waals surface area contributed by atoms with Gasteiger partial charge in [0, 0.05) is 17.8 Å². The number of allylic oxidation sites excluding steroid dienone is 4. The Hall–Kier alpha value is -1.75. The zero-order valence-corrected chi connectivity index (χ0v) is 17.0. The molecule has 6 atom stereocenters. The standard InChI is InChI=1S/C23H30O5/c1-14(24)28-13-20(26)23(27)11-8-19-17-5-4-15-12-16(25)6-9-21(15,2)18(17)7-10-22(19,23)3/h6,9,12,17-19,27H,4-5,7-8,10-11,13H2,1-3H3/t17-,18+,19+,21+,22+,23-/m1/s1. The molecule has 0 aromatic heterocycles. The Morgan fingerprint density at radius 2 is 1.89 bits per heavy atom. The van der Waals surface area contributed by atoms with Crippen LogP contribution in [0.3, 0.4) is 0 Å². The molecule has 4 aliphatic rings. The quantitative estimate of drug-likeness (QED) is 0.754. The number of rotatable bonds is 3. The van der Waals surface area contributed by atoms with Crippen LogP contribution < -0.4 is 0 Å². The molecule has 0 aliphatic heterocycles. The molecule has 0 unspecified atom stereocenters. The lowest BCUT2D eigenvalue weighted by Gasteiger charge is -2.57. The number of ketones is 2. The van der Waals surface area contributed by atoms with E-state index in [1.807, 2.05) is 6.08 Å². The number of aliphatic hydroxyl groups is 1. The molecule has 0 spiro atoms. The number of esters is 1. The van der Waals surface area contributed by atoms with E-state index >= 15 is 0 Å². The Kier molecular flexibility index (Phi) is 4.46. The van der Waals surface area contributed by atoms with Gasteiger partial charge in [-0.3, -0.25) is 14.4 Å². The largest absolute Gasteiger partial charge is 0.458 e. The summed E-state index contributed by atoms with van der Waals surface area (Å²) in [6, 6.07) is 0. The molecule has 28 heavy (non-hydrogen) atoms. The predicted molar refractivity (Wildman–Crippen MR) is 103 cm³/mol. The smallest absolute Gasteiger partial charge is 0.303 e. The van der Waals surface area contributed by atoms with E-state index in [0.29, 0.717) is 18.3 Å². The van der Waals surface area contributed by atoms with Crippen molar-refractivity contribution in [1.29, 1.82) is 0 Å². The van der Waals surface area contributed by atoms with Crippen molar-refractivity contribution in [3.63, 3.8) is 0 Å². The van der Waals surface area contributed by atoms with E-state index in [-0.39, 0.29) is 29.5 Å². The lowest BCUT2D eigenvalue weighted by Crippen LogP contribution is -2.58. The minimum Gasteiger partial charge on any atom is -0.458 e. The first kappa shape index (κ1) is 19.6. The Morgan fingerprint density at radius 1 is 1.18 bits per heavy atom. The van der Waals surface area contributed by atoms with Crippen LogP contribution in [0.4, 0.5) is 0 Å². The minimum absolute atomic E-state index is 0.0814. The molecule has 0 radical (unpaired) electrons. The van der Waals surface area contributed by atoms with Gasteiger partial charge in [-0.05, 0) is 68.4 Å². The van der Waals surface area contributed by atoms with Crippen LogP contribution in [-0.4, -0.2) is 34.9 Å². The van der Waals surface area contributed by atoms with Crippen LogP contribution >= 0.6 is 0 Å². The van der Waals surface area contributed by atoms with Crippen LogP contribution in [-0.2, 0) is 19.1 Å². The van der Waals surface area contributed by atoms with E-state index in [1.165, 1.54) is 12.5 Å². The number of Topliss-reactive ketones (excluding diaryl/α,β-unsaturated/α-hetero) is 1. The summed E-state index contributed by atoms with van der Waals surface area (Å²) in [7, 11) is 0. The third-order valence-electron chi connectivity index (χ3n) is 8.58. The van der Waals surface area contributed by atoms with E-state index in [2.05, 4.69) is 19.9 Å². The predicted octanol–water partition coefficient (Wildman–Crippen LogP) is 3.16. The summed E-state index contributed by atoms with van der Waals surface area (Å²) >= 11 is 0. The Morgan fingerprint density at radius 3 is 2.61 bits per heavy atom. The van der Waals surface area contributed by atoms with Crippen molar-refractivity contribution in [3.8, 4) is 0 Å². The summed E-state index contributed by atoms with van der Waals surface area (Å²) in [5, 5.41) is 11.4. The third kappa shape index (κ3) is 2.58. The topological polar surface area (TPSA) is 80.7 Å². The van der Waals surface area contributed by atoms with Crippen LogP contribution in [0.2, 0.25) is 0 Å². The summed E-state index contributed by atoms with van der Waals surface area (Å²) in [6.07, 6.45) is 10.5. The van der Waals surface area contributed by atoms with Crippen LogP contribution in [0.15, 0.2) is 23.8 Å². The molecule has 5 heteroatoms. The molecule has 0 amide bonds. The van der Waals surface area contributed by atoms with Crippen molar-refractivity contribution in [3.05, 3.63) is 23.8 Å². The van der Waals surface area contributed by atoms with Crippen LogP contribution in [0.5, 0.6) is 0 Å². The molecule has 4 rings (SSSR count). The molecule has 0 saturated heterocycles. The number of ether oxygens (including phenoxy) is 1. The van der Waals surface area contributed by atoms with Crippen molar-refractivity contribution < 1.29 is 24.2 Å². The van der Waals surface area contributed by atoms with Gasteiger partial charge in [-0.15, -0.1) is 0 Å². The highest BCUT2D eigenvalue weighted by Gasteiger charge is 2.66. The normalized spacial score (nSPS) is 44.2. The van der Waals surface area contributed by atoms with E-state index in [9.17, 15) is 19.5 Å². The van der Waals surface area contributed by atoms with Gasteiger partial charge < -0.3 is 9.84 Å². The number of hydrogen-bond donors (Lipinski definition) is 1. The second-order valence-electron chi connectivity index (χ2n) is 9.66. The third-order valence-corrected chi connectivity index (χ3v) is 8.58. The van der Waals surface area contributed by atoms with Crippen molar-refractivity contribution in [2.24, 2.45) is 28.6 Å². The highest BCUT2D eigenvalue weighted by Crippen LogP contribution is 2.67. The average Bonchev–Trinajstić information content (AvgIpc) is 2.92. The summed E-state index contributed by atoms with van der Waals surface area (Å²) in [5.74, 6) is 0.338. The minimum atomic E-state index is -1.42. The van der Waals surface area contributed by atoms with Gasteiger partial charge in [0.1, 0.15) is 5.60 Å². The lowest BCUT2D eigenvalue weighted by molar-refractivity contribution is -0.168. The monoisotopic (exact) mass is 386 g/mol. The maximum absolute atomic E-state index is 12.8. The van der Waals surface area contributed by atoms with Crippen molar-refractivity contribution >= 4 is 17.5 Å². The maximum Gasteiger partial charge on any atom is 0.303 e. The highest BCUT2D eigenvalue weighted by molar-refractivity contribution is 6.01. The number of carbonyl (C=O) groups excluding carboxylic acids is 3. The molecule has 5 nitrogen and oxygen atoms in total. The average molecular weight is 386 g/mol. The SMILES string of the molecule is CC(=O)OCC(=O)[C@]1(O)CC[C@H]2[C@@H]3CCC4=CC(=O)C=C[C@]4(C)[C@H]3CC[C@@]21C. The van der Waals surface area contributed by atoms with Crippen LogP contribution in [0.25, 0.3) is 0 Å². The van der Waals surface area contributed by atoms with Crippen molar-refractivity contribution in [2.45, 2.75) is 64.9 Å². The second kappa shape index (κ2) is 6.38. The first-order chi connectivity index (χ1) is 13.1. The van der Waals surface area contributed by atoms with E-state index in [4.69, 9.17) is 4.74 Å². The van der Waals surface area contributed by atoms with E-state index in [1.54, 1.807) is 6.08 Å². The fourth-order valence-corrected chi connectivity index (χ4v) is 6.96. The zero-order chi connectivity index (χ0) is 20.3. The molecule has 4 aliphatic carbocycles. The maximum atomic E-state index is 12.8. The van der Waals surface area contributed by atoms with Crippen molar-refractivity contribution in [2.75, 3.05) is 6.61 Å². The van der Waals surface area contributed by atoms with Gasteiger partial charge in [0.25, 0.3) is 0 Å². The molecule has 0 bridgehead atoms. The summed E-state index contributed by atoms with van der Waals surface area (Å²) in [6.45, 7) is 5.23. The number of hydrogen-bond acceptors (Lipinski definition) is 5. The molecule has 0 aromatic carbocycles. The lowest BCUT2D eigenvalue weighted by atomic mass is 9.47. The van der Waals surface area contributed by atoms with Gasteiger partial charge in [-0.25, -0.2) is 0 Å². The van der Waals surface area contributed by atoms with Gasteiger partial charge in [-0.2, -0.15) is 0 Å². The van der Waals surface area contributed by atoms with Crippen LogP contribution in [0.1, 0.15) is 59.3 Å². The van der Waals surface area contributed by atoms with Gasteiger partial charge in [0.2, 0.25) is 5.78 Å². The molecular formula is C23H30O5. The Bertz CT molecular complexity index is 795. The Balaban J connectivity index is 1.61. The van der Waals surface area contributed by atoms with Gasteiger partial charge in [0.15, 0.2) is 12.4 Å². The molecule has 1 N–H and O–H groups in total. The molecule has 3 fully saturated rings. The fourth-order valence-electron chi connectivity index (χ4n) is 6.96. The first-order valence-corrected chi connectivity index (χ1v) is 10.4. The van der Waals surface area contributed by atoms with E-state index in [0.717, 1.165) is 32.1 Å². The molecular weight excluding hydrogens is 356 g/mol. The van der Waals surface area contributed by atoms with Gasteiger partial charge in [0.05, 0.1) is 0 Å². The second-order valence-corrected chi connectivity index (χ2v) is 9.66. The summed E-state index contributed by atoms with van der Waals surface area (Å²) in [4.78, 5) is 35.8. The highest BCUT2D eigenvalue weighted by atomic mass is 16.5.